The molecule has 19 heavy (non-hydrogen) atoms. The van der Waals surface area contributed by atoms with Crippen LogP contribution in [0.4, 0.5) is 0 Å². The Morgan fingerprint density at radius 3 is 2.26 bits per heavy atom. The van der Waals surface area contributed by atoms with Crippen LogP contribution < -0.4 is 0 Å². The summed E-state index contributed by atoms with van der Waals surface area (Å²) in [5, 5.41) is 18.1. The molecular weight excluding hydrogens is 246 g/mol. The molecule has 2 unspecified atom stereocenters. The highest BCUT2D eigenvalue weighted by Crippen LogP contribution is 2.59. The van der Waals surface area contributed by atoms with Crippen molar-refractivity contribution in [3.63, 3.8) is 0 Å². The van der Waals surface area contributed by atoms with Crippen LogP contribution in [0.1, 0.15) is 39.5 Å². The van der Waals surface area contributed by atoms with Gasteiger partial charge in [-0.25, -0.2) is 0 Å². The first-order valence-corrected chi connectivity index (χ1v) is 7.05. The molecule has 0 aliphatic heterocycles. The van der Waals surface area contributed by atoms with Gasteiger partial charge in [-0.05, 0) is 31.1 Å². The van der Waals surface area contributed by atoms with Crippen LogP contribution in [-0.2, 0) is 9.59 Å². The molecule has 5 heteroatoms. The summed E-state index contributed by atoms with van der Waals surface area (Å²) in [6.45, 7) is 4.30. The molecule has 1 amide bonds. The Labute approximate surface area is 113 Å². The van der Waals surface area contributed by atoms with Gasteiger partial charge in [-0.1, -0.05) is 13.8 Å². The molecule has 0 spiro atoms. The van der Waals surface area contributed by atoms with Gasteiger partial charge in [-0.3, -0.25) is 9.59 Å². The van der Waals surface area contributed by atoms with Crippen molar-refractivity contribution >= 4 is 11.9 Å². The summed E-state index contributed by atoms with van der Waals surface area (Å²) in [6, 6.07) is 0.255. The molecule has 2 aliphatic carbocycles. The highest BCUT2D eigenvalue weighted by molar-refractivity contribution is 5.91. The van der Waals surface area contributed by atoms with Crippen LogP contribution >= 0.6 is 0 Å². The molecule has 0 saturated heterocycles. The molecule has 108 valence electrons. The molecule has 0 aromatic heterocycles. The number of aliphatic carboxylic acids is 1. The van der Waals surface area contributed by atoms with Crippen molar-refractivity contribution in [1.82, 2.24) is 4.90 Å². The summed E-state index contributed by atoms with van der Waals surface area (Å²) in [5.74, 6) is -1.87. The SMILES string of the molecule is CC1(C)C(C(=O)O)C1C(=O)N(CCCO)C1CCC1. The van der Waals surface area contributed by atoms with Crippen LogP contribution in [0.2, 0.25) is 0 Å². The van der Waals surface area contributed by atoms with E-state index in [0.717, 1.165) is 19.3 Å². The molecule has 2 fully saturated rings. The van der Waals surface area contributed by atoms with E-state index >= 15 is 0 Å². The minimum atomic E-state index is -0.876. The zero-order chi connectivity index (χ0) is 14.2. The molecule has 0 aromatic rings. The van der Waals surface area contributed by atoms with E-state index in [0.29, 0.717) is 13.0 Å². The van der Waals surface area contributed by atoms with Gasteiger partial charge in [0.05, 0.1) is 11.8 Å². The summed E-state index contributed by atoms with van der Waals surface area (Å²) >= 11 is 0. The lowest BCUT2D eigenvalue weighted by molar-refractivity contribution is -0.143. The molecule has 2 rings (SSSR count). The third kappa shape index (κ3) is 2.48. The van der Waals surface area contributed by atoms with Crippen molar-refractivity contribution in [3.8, 4) is 0 Å². The number of carboxylic acids is 1. The maximum atomic E-state index is 12.6. The predicted octanol–water partition coefficient (Wildman–Crippen LogP) is 1.11. The van der Waals surface area contributed by atoms with E-state index in [1.165, 1.54) is 0 Å². The van der Waals surface area contributed by atoms with E-state index in [4.69, 9.17) is 10.2 Å². The van der Waals surface area contributed by atoms with Crippen LogP contribution in [0.3, 0.4) is 0 Å². The largest absolute Gasteiger partial charge is 0.481 e. The Kier molecular flexibility index (Phi) is 3.85. The third-order valence-electron chi connectivity index (χ3n) is 4.72. The maximum Gasteiger partial charge on any atom is 0.307 e. The zero-order valence-electron chi connectivity index (χ0n) is 11.6. The number of rotatable bonds is 6. The first-order chi connectivity index (χ1) is 8.91. The molecule has 2 N–H and O–H groups in total. The van der Waals surface area contributed by atoms with Crippen LogP contribution in [0, 0.1) is 17.3 Å². The highest BCUT2D eigenvalue weighted by atomic mass is 16.4. The Bertz CT molecular complexity index is 376. The van der Waals surface area contributed by atoms with Crippen LogP contribution in [0.5, 0.6) is 0 Å². The van der Waals surface area contributed by atoms with Gasteiger partial charge in [0.15, 0.2) is 0 Å². The third-order valence-corrected chi connectivity index (χ3v) is 4.72. The topological polar surface area (TPSA) is 77.8 Å². The molecule has 5 nitrogen and oxygen atoms in total. The van der Waals surface area contributed by atoms with E-state index in [1.54, 1.807) is 0 Å². The van der Waals surface area contributed by atoms with Crippen LogP contribution in [0.25, 0.3) is 0 Å². The average molecular weight is 269 g/mol. The van der Waals surface area contributed by atoms with Crippen molar-refractivity contribution < 1.29 is 19.8 Å². The fraction of sp³-hybridized carbons (Fsp3) is 0.857. The maximum absolute atomic E-state index is 12.6. The highest BCUT2D eigenvalue weighted by Gasteiger charge is 2.66. The molecule has 0 bridgehead atoms. The molecule has 2 saturated carbocycles. The quantitative estimate of drug-likeness (QED) is 0.757. The van der Waals surface area contributed by atoms with Gasteiger partial charge in [0.25, 0.3) is 0 Å². The van der Waals surface area contributed by atoms with Gasteiger partial charge in [-0.15, -0.1) is 0 Å². The molecule has 2 atom stereocenters. The number of hydrogen-bond acceptors (Lipinski definition) is 3. The van der Waals surface area contributed by atoms with E-state index in [2.05, 4.69) is 0 Å². The zero-order valence-corrected chi connectivity index (χ0v) is 11.6. The van der Waals surface area contributed by atoms with Crippen molar-refractivity contribution in [1.29, 1.82) is 0 Å². The summed E-state index contributed by atoms with van der Waals surface area (Å²) < 4.78 is 0. The van der Waals surface area contributed by atoms with Gasteiger partial charge < -0.3 is 15.1 Å². The summed E-state index contributed by atoms with van der Waals surface area (Å²) in [7, 11) is 0. The molecule has 0 aromatic carbocycles. The second kappa shape index (κ2) is 5.12. The number of carbonyl (C=O) groups is 2. The number of nitrogens with zero attached hydrogens (tertiary/aromatic N) is 1. The van der Waals surface area contributed by atoms with Crippen molar-refractivity contribution in [2.24, 2.45) is 17.3 Å². The lowest BCUT2D eigenvalue weighted by Crippen LogP contribution is -2.46. The first kappa shape index (κ1) is 14.3. The monoisotopic (exact) mass is 269 g/mol. The number of aliphatic hydroxyl groups is 1. The van der Waals surface area contributed by atoms with Crippen LogP contribution in [0.15, 0.2) is 0 Å². The van der Waals surface area contributed by atoms with Gasteiger partial charge in [0.1, 0.15) is 0 Å². The Morgan fingerprint density at radius 1 is 1.26 bits per heavy atom. The Morgan fingerprint density at radius 2 is 1.89 bits per heavy atom. The number of aliphatic hydroxyl groups excluding tert-OH is 1. The summed E-state index contributed by atoms with van der Waals surface area (Å²) in [5.41, 5.74) is -0.440. The summed E-state index contributed by atoms with van der Waals surface area (Å²) in [6.07, 6.45) is 3.70. The lowest BCUT2D eigenvalue weighted by Gasteiger charge is -2.38. The minimum Gasteiger partial charge on any atom is -0.481 e. The van der Waals surface area contributed by atoms with E-state index in [-0.39, 0.29) is 18.6 Å². The fourth-order valence-electron chi connectivity index (χ4n) is 3.15. The number of carboxylic acid groups (broad SMARTS) is 1. The second-order valence-electron chi connectivity index (χ2n) is 6.31. The smallest absolute Gasteiger partial charge is 0.307 e. The Balaban J connectivity index is 2.05. The molecule has 0 radical (unpaired) electrons. The first-order valence-electron chi connectivity index (χ1n) is 7.05. The molecular formula is C14H23NO4. The van der Waals surface area contributed by atoms with E-state index < -0.39 is 23.2 Å². The van der Waals surface area contributed by atoms with E-state index in [1.807, 2.05) is 18.7 Å². The normalized spacial score (nSPS) is 28.6. The molecule has 0 heterocycles. The fourth-order valence-corrected chi connectivity index (χ4v) is 3.15. The van der Waals surface area contributed by atoms with Crippen molar-refractivity contribution in [3.05, 3.63) is 0 Å². The standard InChI is InChI=1S/C14H23NO4/c1-14(2)10(11(14)13(18)19)12(17)15(7-4-8-16)9-5-3-6-9/h9-11,16H,3-8H2,1-2H3,(H,18,19). The van der Waals surface area contributed by atoms with Gasteiger partial charge in [0.2, 0.25) is 5.91 Å². The number of hydrogen-bond donors (Lipinski definition) is 2. The Hall–Kier alpha value is -1.10. The van der Waals surface area contributed by atoms with Gasteiger partial charge in [-0.2, -0.15) is 0 Å². The van der Waals surface area contributed by atoms with Gasteiger partial charge in [0, 0.05) is 19.2 Å². The second-order valence-corrected chi connectivity index (χ2v) is 6.31. The minimum absolute atomic E-state index is 0.0319. The van der Waals surface area contributed by atoms with E-state index in [9.17, 15) is 9.59 Å². The summed E-state index contributed by atoms with van der Waals surface area (Å²) in [4.78, 5) is 25.5. The number of amides is 1. The van der Waals surface area contributed by atoms with Crippen molar-refractivity contribution in [2.45, 2.75) is 45.6 Å². The van der Waals surface area contributed by atoms with Crippen LogP contribution in [-0.4, -0.2) is 46.2 Å². The molecule has 2 aliphatic rings. The van der Waals surface area contributed by atoms with Gasteiger partial charge >= 0.3 is 5.97 Å². The van der Waals surface area contributed by atoms with Crippen molar-refractivity contribution in [2.75, 3.05) is 13.2 Å². The lowest BCUT2D eigenvalue weighted by atomic mass is 9.90. The average Bonchev–Trinajstić information content (AvgIpc) is 2.84. The number of carbonyl (C=O) groups excluding carboxylic acids is 1. The predicted molar refractivity (Wildman–Crippen MR) is 69.5 cm³/mol.